The summed E-state index contributed by atoms with van der Waals surface area (Å²) in [4.78, 5) is 19.1. The Morgan fingerprint density at radius 2 is 1.88 bits per heavy atom. The van der Waals surface area contributed by atoms with Crippen LogP contribution in [0.3, 0.4) is 0 Å². The highest BCUT2D eigenvalue weighted by atomic mass is 16.2. The maximum atomic E-state index is 13.0. The Morgan fingerprint density at radius 3 is 2.44 bits per heavy atom. The molecule has 2 aromatic heterocycles. The summed E-state index contributed by atoms with van der Waals surface area (Å²) in [5.74, 6) is -0.0755. The number of benzene rings is 1. The first-order chi connectivity index (χ1) is 12.2. The SMILES string of the molecule is CCc1ccc([C@H](c2cccnc2)N(CC)C(=O)c2ccn[nH]2)cc1. The van der Waals surface area contributed by atoms with E-state index in [9.17, 15) is 4.79 Å². The number of rotatable bonds is 6. The highest BCUT2D eigenvalue weighted by Crippen LogP contribution is 2.29. The number of aromatic nitrogens is 3. The Labute approximate surface area is 147 Å². The van der Waals surface area contributed by atoms with Crippen LogP contribution in [0, 0.1) is 0 Å². The molecule has 0 unspecified atom stereocenters. The molecule has 0 fully saturated rings. The number of hydrogen-bond donors (Lipinski definition) is 1. The van der Waals surface area contributed by atoms with Crippen molar-refractivity contribution in [2.75, 3.05) is 6.54 Å². The quantitative estimate of drug-likeness (QED) is 0.749. The molecule has 1 N–H and O–H groups in total. The molecule has 2 heterocycles. The summed E-state index contributed by atoms with van der Waals surface area (Å²) < 4.78 is 0. The molecule has 0 aliphatic carbocycles. The summed E-state index contributed by atoms with van der Waals surface area (Å²) in [7, 11) is 0. The van der Waals surface area contributed by atoms with Crippen molar-refractivity contribution < 1.29 is 4.79 Å². The molecular formula is C20H22N4O. The number of H-pyrrole nitrogens is 1. The third-order valence-electron chi connectivity index (χ3n) is 4.35. The minimum atomic E-state index is -0.194. The van der Waals surface area contributed by atoms with E-state index in [-0.39, 0.29) is 11.9 Å². The standard InChI is InChI=1S/C20H22N4O/c1-3-15-7-9-16(10-8-15)19(17-6-5-12-21-14-17)24(4-2)20(25)18-11-13-22-23-18/h5-14,19H,3-4H2,1-2H3,(H,22,23)/t19-/m1/s1. The van der Waals surface area contributed by atoms with E-state index >= 15 is 0 Å². The first-order valence-corrected chi connectivity index (χ1v) is 8.53. The molecule has 0 saturated heterocycles. The number of pyridine rings is 1. The molecule has 0 radical (unpaired) electrons. The Balaban J connectivity index is 2.04. The average molecular weight is 334 g/mol. The van der Waals surface area contributed by atoms with Crippen molar-refractivity contribution in [2.45, 2.75) is 26.3 Å². The van der Waals surface area contributed by atoms with Crippen LogP contribution in [0.15, 0.2) is 61.1 Å². The molecule has 5 heteroatoms. The average Bonchev–Trinajstić information content (AvgIpc) is 3.21. The number of aryl methyl sites for hydroxylation is 1. The van der Waals surface area contributed by atoms with E-state index in [0.29, 0.717) is 12.2 Å². The van der Waals surface area contributed by atoms with Crippen LogP contribution in [0.2, 0.25) is 0 Å². The molecule has 3 aromatic rings. The monoisotopic (exact) mass is 334 g/mol. The Morgan fingerprint density at radius 1 is 1.08 bits per heavy atom. The topological polar surface area (TPSA) is 61.9 Å². The van der Waals surface area contributed by atoms with Gasteiger partial charge < -0.3 is 4.90 Å². The van der Waals surface area contributed by atoms with Crippen molar-refractivity contribution in [3.05, 3.63) is 83.4 Å². The number of aromatic amines is 1. The molecule has 1 amide bonds. The van der Waals surface area contributed by atoms with Crippen LogP contribution >= 0.6 is 0 Å². The van der Waals surface area contributed by atoms with Gasteiger partial charge in [-0.1, -0.05) is 37.3 Å². The summed E-state index contributed by atoms with van der Waals surface area (Å²) in [5.41, 5.74) is 3.82. The lowest BCUT2D eigenvalue weighted by Crippen LogP contribution is -2.35. The van der Waals surface area contributed by atoms with Gasteiger partial charge in [0.05, 0.1) is 6.04 Å². The van der Waals surface area contributed by atoms with Gasteiger partial charge in [0.15, 0.2) is 0 Å². The van der Waals surface area contributed by atoms with E-state index in [1.807, 2.05) is 30.2 Å². The van der Waals surface area contributed by atoms with Gasteiger partial charge in [0.2, 0.25) is 0 Å². The van der Waals surface area contributed by atoms with Crippen LogP contribution in [-0.4, -0.2) is 32.5 Å². The molecule has 1 aromatic carbocycles. The van der Waals surface area contributed by atoms with Crippen molar-refractivity contribution in [2.24, 2.45) is 0 Å². The maximum absolute atomic E-state index is 13.0. The number of nitrogens with one attached hydrogen (secondary N) is 1. The fraction of sp³-hybridized carbons (Fsp3) is 0.250. The third-order valence-corrected chi connectivity index (χ3v) is 4.35. The van der Waals surface area contributed by atoms with E-state index in [4.69, 9.17) is 0 Å². The zero-order chi connectivity index (χ0) is 17.6. The van der Waals surface area contributed by atoms with Crippen LogP contribution in [-0.2, 0) is 6.42 Å². The van der Waals surface area contributed by atoms with Gasteiger partial charge in [-0.2, -0.15) is 5.10 Å². The minimum absolute atomic E-state index is 0.0755. The second kappa shape index (κ2) is 7.75. The Kier molecular flexibility index (Phi) is 5.23. The molecule has 0 spiro atoms. The Bertz CT molecular complexity index is 797. The van der Waals surface area contributed by atoms with Crippen LogP contribution in [0.1, 0.15) is 47.1 Å². The molecule has 5 nitrogen and oxygen atoms in total. The summed E-state index contributed by atoms with van der Waals surface area (Å²) in [6, 6.07) is 13.8. The first kappa shape index (κ1) is 16.9. The molecule has 0 bridgehead atoms. The lowest BCUT2D eigenvalue weighted by atomic mass is 9.96. The number of carbonyl (C=O) groups excluding carboxylic acids is 1. The van der Waals surface area contributed by atoms with Gasteiger partial charge in [0, 0.05) is 25.1 Å². The second-order valence-electron chi connectivity index (χ2n) is 5.85. The summed E-state index contributed by atoms with van der Waals surface area (Å²) in [6.45, 7) is 4.69. The molecule has 0 aliphatic rings. The highest BCUT2D eigenvalue weighted by Gasteiger charge is 2.27. The number of hydrogen-bond acceptors (Lipinski definition) is 3. The van der Waals surface area contributed by atoms with Gasteiger partial charge in [0.25, 0.3) is 5.91 Å². The normalized spacial score (nSPS) is 11.9. The molecule has 1 atom stereocenters. The van der Waals surface area contributed by atoms with Gasteiger partial charge in [0.1, 0.15) is 5.69 Å². The van der Waals surface area contributed by atoms with Crippen LogP contribution in [0.4, 0.5) is 0 Å². The zero-order valence-corrected chi connectivity index (χ0v) is 14.5. The smallest absolute Gasteiger partial charge is 0.272 e. The maximum Gasteiger partial charge on any atom is 0.272 e. The van der Waals surface area contributed by atoms with E-state index in [1.54, 1.807) is 18.5 Å². The summed E-state index contributed by atoms with van der Waals surface area (Å²) in [6.07, 6.45) is 6.15. The van der Waals surface area contributed by atoms with Crippen LogP contribution in [0.25, 0.3) is 0 Å². The molecule has 3 rings (SSSR count). The van der Waals surface area contributed by atoms with Gasteiger partial charge in [-0.05, 0) is 42.2 Å². The van der Waals surface area contributed by atoms with Crippen LogP contribution < -0.4 is 0 Å². The largest absolute Gasteiger partial charge is 0.326 e. The van der Waals surface area contributed by atoms with Gasteiger partial charge >= 0.3 is 0 Å². The van der Waals surface area contributed by atoms with E-state index in [0.717, 1.165) is 17.5 Å². The van der Waals surface area contributed by atoms with Crippen molar-refractivity contribution in [3.63, 3.8) is 0 Å². The zero-order valence-electron chi connectivity index (χ0n) is 14.5. The van der Waals surface area contributed by atoms with E-state index in [1.165, 1.54) is 5.56 Å². The number of carbonyl (C=O) groups is 1. The molecule has 0 saturated carbocycles. The summed E-state index contributed by atoms with van der Waals surface area (Å²) in [5, 5.41) is 6.67. The van der Waals surface area contributed by atoms with Crippen molar-refractivity contribution >= 4 is 5.91 Å². The fourth-order valence-corrected chi connectivity index (χ4v) is 3.00. The molecule has 0 aliphatic heterocycles. The van der Waals surface area contributed by atoms with Gasteiger partial charge in [-0.3, -0.25) is 14.9 Å². The Hall–Kier alpha value is -2.95. The number of nitrogens with zero attached hydrogens (tertiary/aromatic N) is 3. The van der Waals surface area contributed by atoms with Crippen LogP contribution in [0.5, 0.6) is 0 Å². The van der Waals surface area contributed by atoms with Crippen molar-refractivity contribution in [1.29, 1.82) is 0 Å². The fourth-order valence-electron chi connectivity index (χ4n) is 3.00. The first-order valence-electron chi connectivity index (χ1n) is 8.53. The molecule has 128 valence electrons. The van der Waals surface area contributed by atoms with Gasteiger partial charge in [-0.25, -0.2) is 0 Å². The number of amides is 1. The van der Waals surface area contributed by atoms with E-state index < -0.39 is 0 Å². The predicted molar refractivity (Wildman–Crippen MR) is 97.2 cm³/mol. The van der Waals surface area contributed by atoms with Crippen molar-refractivity contribution in [3.8, 4) is 0 Å². The third kappa shape index (κ3) is 3.60. The minimum Gasteiger partial charge on any atom is -0.326 e. The summed E-state index contributed by atoms with van der Waals surface area (Å²) >= 11 is 0. The predicted octanol–water partition coefficient (Wildman–Crippen LogP) is 3.62. The lowest BCUT2D eigenvalue weighted by Gasteiger charge is -2.31. The highest BCUT2D eigenvalue weighted by molar-refractivity contribution is 5.92. The van der Waals surface area contributed by atoms with Crippen molar-refractivity contribution in [1.82, 2.24) is 20.1 Å². The molecular weight excluding hydrogens is 312 g/mol. The lowest BCUT2D eigenvalue weighted by molar-refractivity contribution is 0.0711. The van der Waals surface area contributed by atoms with Gasteiger partial charge in [-0.15, -0.1) is 0 Å². The van der Waals surface area contributed by atoms with E-state index in [2.05, 4.69) is 46.4 Å². The molecule has 25 heavy (non-hydrogen) atoms. The second-order valence-corrected chi connectivity index (χ2v) is 5.85.